The first-order valence-electron chi connectivity index (χ1n) is 8.69. The van der Waals surface area contributed by atoms with Crippen molar-refractivity contribution in [2.75, 3.05) is 7.11 Å². The lowest BCUT2D eigenvalue weighted by Gasteiger charge is -2.15. The van der Waals surface area contributed by atoms with Crippen molar-refractivity contribution in [3.63, 3.8) is 0 Å². The van der Waals surface area contributed by atoms with E-state index in [0.29, 0.717) is 23.6 Å². The van der Waals surface area contributed by atoms with Crippen molar-refractivity contribution in [3.8, 4) is 17.1 Å². The predicted octanol–water partition coefficient (Wildman–Crippen LogP) is 4.30. The maximum absolute atomic E-state index is 13.8. The van der Waals surface area contributed by atoms with E-state index in [1.54, 1.807) is 25.3 Å². The normalized spacial score (nSPS) is 11.8. The maximum Gasteiger partial charge on any atom is 0.220 e. The second kappa shape index (κ2) is 8.49. The zero-order chi connectivity index (χ0) is 19.2. The molecule has 0 spiro atoms. The lowest BCUT2D eigenvalue weighted by molar-refractivity contribution is -0.121. The summed E-state index contributed by atoms with van der Waals surface area (Å²) in [7, 11) is 1.41. The summed E-state index contributed by atoms with van der Waals surface area (Å²) in [5, 5.41) is 2.85. The molecule has 1 aromatic heterocycles. The summed E-state index contributed by atoms with van der Waals surface area (Å²) in [4.78, 5) is 16.4. The fourth-order valence-electron chi connectivity index (χ4n) is 2.73. The number of halogens is 1. The molecule has 0 bridgehead atoms. The summed E-state index contributed by atoms with van der Waals surface area (Å²) in [5.41, 5.74) is 1.61. The van der Waals surface area contributed by atoms with E-state index in [1.165, 1.54) is 13.2 Å². The van der Waals surface area contributed by atoms with Gasteiger partial charge in [0.25, 0.3) is 0 Å². The van der Waals surface area contributed by atoms with Crippen LogP contribution in [0.25, 0.3) is 11.3 Å². The Morgan fingerprint density at radius 1 is 1.26 bits per heavy atom. The summed E-state index contributed by atoms with van der Waals surface area (Å²) >= 11 is 0. The van der Waals surface area contributed by atoms with E-state index < -0.39 is 5.82 Å². The number of carbonyl (C=O) groups is 1. The summed E-state index contributed by atoms with van der Waals surface area (Å²) in [6, 6.07) is 14.0. The molecule has 1 N–H and O–H groups in total. The standard InChI is InChI=1S/C21H21FN2O3/c1-14(16-8-9-18(26-2)17(22)12-16)24-20(25)10-11-21-23-13-19(27-21)15-6-4-3-5-7-15/h3-9,12-14H,10-11H2,1-2H3,(H,24,25)/t14-/m1/s1. The third-order valence-corrected chi connectivity index (χ3v) is 4.23. The van der Waals surface area contributed by atoms with Crippen LogP contribution in [0.1, 0.15) is 30.8 Å². The highest BCUT2D eigenvalue weighted by atomic mass is 19.1. The van der Waals surface area contributed by atoms with Gasteiger partial charge in [-0.3, -0.25) is 4.79 Å². The highest BCUT2D eigenvalue weighted by molar-refractivity contribution is 5.76. The number of methoxy groups -OCH3 is 1. The maximum atomic E-state index is 13.8. The van der Waals surface area contributed by atoms with Crippen LogP contribution in [0.2, 0.25) is 0 Å². The Morgan fingerprint density at radius 3 is 2.74 bits per heavy atom. The second-order valence-electron chi connectivity index (χ2n) is 6.17. The van der Waals surface area contributed by atoms with Gasteiger partial charge in [0, 0.05) is 18.4 Å². The number of nitrogens with one attached hydrogen (secondary N) is 1. The minimum atomic E-state index is -0.454. The van der Waals surface area contributed by atoms with Crippen LogP contribution in [0.5, 0.6) is 5.75 Å². The molecule has 6 heteroatoms. The molecule has 0 saturated carbocycles. The molecule has 3 rings (SSSR count). The molecule has 27 heavy (non-hydrogen) atoms. The molecule has 2 aromatic carbocycles. The minimum absolute atomic E-state index is 0.154. The number of aryl methyl sites for hydroxylation is 1. The topological polar surface area (TPSA) is 64.4 Å². The monoisotopic (exact) mass is 368 g/mol. The van der Waals surface area contributed by atoms with Gasteiger partial charge in [0.2, 0.25) is 5.91 Å². The van der Waals surface area contributed by atoms with Crippen LogP contribution in [0, 0.1) is 5.82 Å². The molecule has 3 aromatic rings. The molecular weight excluding hydrogens is 347 g/mol. The zero-order valence-corrected chi connectivity index (χ0v) is 15.2. The van der Waals surface area contributed by atoms with Gasteiger partial charge in [-0.15, -0.1) is 0 Å². The highest BCUT2D eigenvalue weighted by Gasteiger charge is 2.14. The average Bonchev–Trinajstić information content (AvgIpc) is 3.16. The second-order valence-corrected chi connectivity index (χ2v) is 6.17. The molecule has 0 saturated heterocycles. The molecule has 0 aliphatic carbocycles. The number of ether oxygens (including phenoxy) is 1. The number of rotatable bonds is 7. The van der Waals surface area contributed by atoms with Crippen molar-refractivity contribution < 1.29 is 18.3 Å². The molecule has 1 atom stereocenters. The summed E-state index contributed by atoms with van der Waals surface area (Å²) in [5.74, 6) is 0.748. The predicted molar refractivity (Wildman–Crippen MR) is 99.8 cm³/mol. The minimum Gasteiger partial charge on any atom is -0.494 e. The number of nitrogens with zero attached hydrogens (tertiary/aromatic N) is 1. The van der Waals surface area contributed by atoms with Crippen LogP contribution in [-0.2, 0) is 11.2 Å². The van der Waals surface area contributed by atoms with Gasteiger partial charge in [0.15, 0.2) is 23.2 Å². The van der Waals surface area contributed by atoms with E-state index in [9.17, 15) is 9.18 Å². The van der Waals surface area contributed by atoms with E-state index in [2.05, 4.69) is 10.3 Å². The molecule has 1 heterocycles. The average molecular weight is 368 g/mol. The third kappa shape index (κ3) is 4.73. The lowest BCUT2D eigenvalue weighted by atomic mass is 10.1. The van der Waals surface area contributed by atoms with Crippen LogP contribution in [0.3, 0.4) is 0 Å². The molecule has 0 aliphatic rings. The molecule has 0 aliphatic heterocycles. The van der Waals surface area contributed by atoms with Gasteiger partial charge in [-0.1, -0.05) is 36.4 Å². The SMILES string of the molecule is COc1ccc([C@@H](C)NC(=O)CCc2ncc(-c3ccccc3)o2)cc1F. The molecule has 0 unspecified atom stereocenters. The summed E-state index contributed by atoms with van der Waals surface area (Å²) in [6.45, 7) is 1.80. The van der Waals surface area contributed by atoms with Gasteiger partial charge >= 0.3 is 0 Å². The van der Waals surface area contributed by atoms with Crippen LogP contribution in [0.15, 0.2) is 59.1 Å². The van der Waals surface area contributed by atoms with Gasteiger partial charge in [0.1, 0.15) is 0 Å². The van der Waals surface area contributed by atoms with Crippen molar-refractivity contribution in [3.05, 3.63) is 72.0 Å². The Morgan fingerprint density at radius 2 is 2.04 bits per heavy atom. The number of carbonyl (C=O) groups excluding carboxylic acids is 1. The van der Waals surface area contributed by atoms with Crippen LogP contribution in [-0.4, -0.2) is 18.0 Å². The Labute approximate surface area is 157 Å². The van der Waals surface area contributed by atoms with Crippen molar-refractivity contribution in [1.29, 1.82) is 0 Å². The van der Waals surface area contributed by atoms with Gasteiger partial charge in [-0.25, -0.2) is 9.37 Å². The fourth-order valence-corrected chi connectivity index (χ4v) is 2.73. The van der Waals surface area contributed by atoms with Crippen LogP contribution >= 0.6 is 0 Å². The van der Waals surface area contributed by atoms with Crippen molar-refractivity contribution in [2.45, 2.75) is 25.8 Å². The number of hydrogen-bond acceptors (Lipinski definition) is 4. The Bertz CT molecular complexity index is 909. The third-order valence-electron chi connectivity index (χ3n) is 4.23. The molecule has 140 valence electrons. The molecular formula is C21H21FN2O3. The quantitative estimate of drug-likeness (QED) is 0.675. The van der Waals surface area contributed by atoms with Gasteiger partial charge in [-0.05, 0) is 24.6 Å². The van der Waals surface area contributed by atoms with Gasteiger partial charge in [0.05, 0.1) is 19.3 Å². The van der Waals surface area contributed by atoms with Gasteiger partial charge < -0.3 is 14.5 Å². The van der Waals surface area contributed by atoms with Crippen LogP contribution in [0.4, 0.5) is 4.39 Å². The smallest absolute Gasteiger partial charge is 0.220 e. The molecule has 0 fully saturated rings. The summed E-state index contributed by atoms with van der Waals surface area (Å²) in [6.07, 6.45) is 2.28. The molecule has 1 amide bonds. The number of aromatic nitrogens is 1. The van der Waals surface area contributed by atoms with Crippen LogP contribution < -0.4 is 10.1 Å². The van der Waals surface area contributed by atoms with Crippen molar-refractivity contribution >= 4 is 5.91 Å². The van der Waals surface area contributed by atoms with E-state index in [0.717, 1.165) is 5.56 Å². The fraction of sp³-hybridized carbons (Fsp3) is 0.238. The first-order valence-corrected chi connectivity index (χ1v) is 8.69. The number of amides is 1. The highest BCUT2D eigenvalue weighted by Crippen LogP contribution is 2.22. The first-order chi connectivity index (χ1) is 13.1. The van der Waals surface area contributed by atoms with E-state index in [1.807, 2.05) is 30.3 Å². The molecule has 5 nitrogen and oxygen atoms in total. The Hall–Kier alpha value is -3.15. The van der Waals surface area contributed by atoms with Crippen molar-refractivity contribution in [2.24, 2.45) is 0 Å². The van der Waals surface area contributed by atoms with Crippen molar-refractivity contribution in [1.82, 2.24) is 10.3 Å². The number of benzene rings is 2. The van der Waals surface area contributed by atoms with Gasteiger partial charge in [-0.2, -0.15) is 0 Å². The summed E-state index contributed by atoms with van der Waals surface area (Å²) < 4.78 is 24.4. The zero-order valence-electron chi connectivity index (χ0n) is 15.2. The Kier molecular flexibility index (Phi) is 5.86. The van der Waals surface area contributed by atoms with E-state index >= 15 is 0 Å². The Balaban J connectivity index is 1.54. The lowest BCUT2D eigenvalue weighted by Crippen LogP contribution is -2.26. The first kappa shape index (κ1) is 18.6. The molecule has 0 radical (unpaired) electrons. The van der Waals surface area contributed by atoms with E-state index in [-0.39, 0.29) is 24.1 Å². The van der Waals surface area contributed by atoms with E-state index in [4.69, 9.17) is 9.15 Å². The number of oxazole rings is 1. The largest absolute Gasteiger partial charge is 0.494 e. The number of hydrogen-bond donors (Lipinski definition) is 1.